The van der Waals surface area contributed by atoms with E-state index >= 15 is 0 Å². The molecule has 4 nitrogen and oxygen atoms in total. The summed E-state index contributed by atoms with van der Waals surface area (Å²) in [5, 5.41) is 2.60. The zero-order valence-corrected chi connectivity index (χ0v) is 9.58. The molecule has 0 aliphatic heterocycles. The second kappa shape index (κ2) is 5.85. The van der Waals surface area contributed by atoms with Crippen LogP contribution in [0, 0.1) is 0 Å². The van der Waals surface area contributed by atoms with Gasteiger partial charge < -0.3 is 5.32 Å². The summed E-state index contributed by atoms with van der Waals surface area (Å²) < 4.78 is 0. The number of Topliss-reactive ketones (excluding diaryl/α,β-unsaturated/α-hetero) is 1. The lowest BCUT2D eigenvalue weighted by atomic mass is 10.2. The smallest absolute Gasteiger partial charge is 0.233 e. The van der Waals surface area contributed by atoms with Crippen molar-refractivity contribution in [3.63, 3.8) is 0 Å². The van der Waals surface area contributed by atoms with Gasteiger partial charge in [0.05, 0.1) is 12.6 Å². The van der Waals surface area contributed by atoms with Gasteiger partial charge in [-0.25, -0.2) is 0 Å². The highest BCUT2D eigenvalue weighted by Crippen LogP contribution is 2.20. The molecule has 0 aromatic carbocycles. The molecule has 0 aromatic rings. The number of carbonyl (C=O) groups is 2. The molecular weight excluding hydrogens is 192 g/mol. The average Bonchev–Trinajstić information content (AvgIpc) is 2.63. The number of nitrogens with one attached hydrogen (secondary N) is 1. The fourth-order valence-corrected chi connectivity index (χ4v) is 2.08. The lowest BCUT2D eigenvalue weighted by molar-refractivity contribution is -0.125. The highest BCUT2D eigenvalue weighted by Gasteiger charge is 2.30. The van der Waals surface area contributed by atoms with E-state index in [1.54, 1.807) is 7.05 Å². The number of nitrogens with zero attached hydrogens (tertiary/aromatic N) is 1. The minimum absolute atomic E-state index is 0.0110. The molecule has 0 bridgehead atoms. The zero-order chi connectivity index (χ0) is 11.3. The van der Waals surface area contributed by atoms with Crippen molar-refractivity contribution in [2.24, 2.45) is 0 Å². The normalized spacial score (nSPS) is 21.0. The summed E-state index contributed by atoms with van der Waals surface area (Å²) in [5.41, 5.74) is 0. The Morgan fingerprint density at radius 3 is 2.80 bits per heavy atom. The topological polar surface area (TPSA) is 49.4 Å². The fraction of sp³-hybridized carbons (Fsp3) is 0.818. The van der Waals surface area contributed by atoms with Gasteiger partial charge in [-0.1, -0.05) is 6.92 Å². The molecule has 1 aliphatic carbocycles. The molecule has 0 heterocycles. The maximum Gasteiger partial charge on any atom is 0.233 e. The molecule has 1 N–H and O–H groups in total. The molecule has 1 rings (SSSR count). The Morgan fingerprint density at radius 2 is 2.33 bits per heavy atom. The molecule has 1 fully saturated rings. The Morgan fingerprint density at radius 1 is 1.60 bits per heavy atom. The minimum atomic E-state index is -0.0118. The number of rotatable bonds is 5. The number of likely N-dealkylation sites (N-methyl/N-ethyl adjacent to an activating group) is 1. The Labute approximate surface area is 91.0 Å². The van der Waals surface area contributed by atoms with Crippen LogP contribution >= 0.6 is 0 Å². The summed E-state index contributed by atoms with van der Waals surface area (Å²) in [7, 11) is 1.63. The highest BCUT2D eigenvalue weighted by molar-refractivity contribution is 5.87. The quantitative estimate of drug-likeness (QED) is 0.724. The van der Waals surface area contributed by atoms with Crippen molar-refractivity contribution in [3.05, 3.63) is 0 Å². The molecule has 1 unspecified atom stereocenters. The molecule has 1 aliphatic rings. The van der Waals surface area contributed by atoms with Crippen LogP contribution in [0.1, 0.15) is 32.6 Å². The van der Waals surface area contributed by atoms with Gasteiger partial charge in [0.15, 0.2) is 0 Å². The van der Waals surface area contributed by atoms with Gasteiger partial charge in [-0.05, 0) is 25.8 Å². The second-order valence-electron chi connectivity index (χ2n) is 4.02. The molecule has 1 atom stereocenters. The van der Waals surface area contributed by atoms with E-state index in [1.165, 1.54) is 0 Å². The van der Waals surface area contributed by atoms with Gasteiger partial charge in [0.2, 0.25) is 5.91 Å². The van der Waals surface area contributed by atoms with Gasteiger partial charge in [0.1, 0.15) is 5.78 Å². The fourth-order valence-electron chi connectivity index (χ4n) is 2.08. The molecule has 1 amide bonds. The van der Waals surface area contributed by atoms with E-state index in [-0.39, 0.29) is 11.9 Å². The van der Waals surface area contributed by atoms with Crippen LogP contribution in [0.4, 0.5) is 0 Å². The third-order valence-corrected chi connectivity index (χ3v) is 2.85. The summed E-state index contributed by atoms with van der Waals surface area (Å²) in [5.74, 6) is 0.288. The predicted octanol–water partition coefficient (Wildman–Crippen LogP) is 0.566. The van der Waals surface area contributed by atoms with Crippen molar-refractivity contribution in [2.75, 3.05) is 20.1 Å². The lowest BCUT2D eigenvalue weighted by Crippen LogP contribution is -2.44. The molecule has 0 aromatic heterocycles. The van der Waals surface area contributed by atoms with Gasteiger partial charge in [0, 0.05) is 13.5 Å². The van der Waals surface area contributed by atoms with Crippen LogP contribution in [-0.4, -0.2) is 42.8 Å². The van der Waals surface area contributed by atoms with Crippen molar-refractivity contribution in [3.8, 4) is 0 Å². The molecule has 0 spiro atoms. The first-order valence-corrected chi connectivity index (χ1v) is 5.66. The number of ketones is 1. The molecule has 0 saturated heterocycles. The Kier molecular flexibility index (Phi) is 4.75. The van der Waals surface area contributed by atoms with E-state index in [9.17, 15) is 9.59 Å². The Hall–Kier alpha value is -0.900. The number of hydrogen-bond acceptors (Lipinski definition) is 3. The number of hydrogen-bond donors (Lipinski definition) is 1. The van der Waals surface area contributed by atoms with Gasteiger partial charge in [0.25, 0.3) is 0 Å². The van der Waals surface area contributed by atoms with Crippen molar-refractivity contribution < 1.29 is 9.59 Å². The SMILES string of the molecule is CCCN(CC(=O)NC)C1CCCC1=O. The summed E-state index contributed by atoms with van der Waals surface area (Å²) in [6.07, 6.45) is 3.53. The van der Waals surface area contributed by atoms with Crippen molar-refractivity contribution in [1.29, 1.82) is 0 Å². The monoisotopic (exact) mass is 212 g/mol. The van der Waals surface area contributed by atoms with Crippen molar-refractivity contribution in [2.45, 2.75) is 38.6 Å². The first-order valence-electron chi connectivity index (χ1n) is 5.66. The van der Waals surface area contributed by atoms with Crippen LogP contribution in [0.15, 0.2) is 0 Å². The van der Waals surface area contributed by atoms with Gasteiger partial charge in [-0.15, -0.1) is 0 Å². The van der Waals surface area contributed by atoms with E-state index in [1.807, 2.05) is 4.90 Å². The van der Waals surface area contributed by atoms with Crippen molar-refractivity contribution in [1.82, 2.24) is 10.2 Å². The van der Waals surface area contributed by atoms with E-state index in [0.29, 0.717) is 18.7 Å². The standard InChI is InChI=1S/C11H20N2O2/c1-3-7-13(8-11(15)12-2)9-5-4-6-10(9)14/h9H,3-8H2,1-2H3,(H,12,15). The summed E-state index contributed by atoms with van der Waals surface area (Å²) in [6.45, 7) is 3.24. The summed E-state index contributed by atoms with van der Waals surface area (Å²) >= 11 is 0. The second-order valence-corrected chi connectivity index (χ2v) is 4.02. The molecular formula is C11H20N2O2. The molecule has 15 heavy (non-hydrogen) atoms. The van der Waals surface area contributed by atoms with Crippen LogP contribution in [0.3, 0.4) is 0 Å². The van der Waals surface area contributed by atoms with Gasteiger partial charge >= 0.3 is 0 Å². The van der Waals surface area contributed by atoms with Crippen LogP contribution in [0.25, 0.3) is 0 Å². The third kappa shape index (κ3) is 3.30. The maximum absolute atomic E-state index is 11.6. The Balaban J connectivity index is 2.55. The van der Waals surface area contributed by atoms with Gasteiger partial charge in [-0.2, -0.15) is 0 Å². The predicted molar refractivity (Wildman–Crippen MR) is 58.6 cm³/mol. The van der Waals surface area contributed by atoms with Crippen molar-refractivity contribution >= 4 is 11.7 Å². The van der Waals surface area contributed by atoms with Gasteiger partial charge in [-0.3, -0.25) is 14.5 Å². The van der Waals surface area contributed by atoms with Crippen LogP contribution in [-0.2, 0) is 9.59 Å². The Bertz CT molecular complexity index is 241. The summed E-state index contributed by atoms with van der Waals surface area (Å²) in [4.78, 5) is 24.9. The maximum atomic E-state index is 11.6. The lowest BCUT2D eigenvalue weighted by Gasteiger charge is -2.26. The largest absolute Gasteiger partial charge is 0.358 e. The van der Waals surface area contributed by atoms with Crippen LogP contribution in [0.5, 0.6) is 0 Å². The van der Waals surface area contributed by atoms with E-state index < -0.39 is 0 Å². The van der Waals surface area contributed by atoms with E-state index in [0.717, 1.165) is 25.8 Å². The van der Waals surface area contributed by atoms with E-state index in [2.05, 4.69) is 12.2 Å². The third-order valence-electron chi connectivity index (χ3n) is 2.85. The molecule has 4 heteroatoms. The van der Waals surface area contributed by atoms with E-state index in [4.69, 9.17) is 0 Å². The zero-order valence-electron chi connectivity index (χ0n) is 9.58. The molecule has 0 radical (unpaired) electrons. The number of amides is 1. The first-order chi connectivity index (χ1) is 7.19. The van der Waals surface area contributed by atoms with Crippen LogP contribution in [0.2, 0.25) is 0 Å². The highest BCUT2D eigenvalue weighted by atomic mass is 16.2. The summed E-state index contributed by atoms with van der Waals surface area (Å²) in [6, 6.07) is -0.0118. The van der Waals surface area contributed by atoms with Crippen LogP contribution < -0.4 is 5.32 Å². The minimum Gasteiger partial charge on any atom is -0.358 e. The molecule has 86 valence electrons. The first kappa shape index (κ1) is 12.2. The molecule has 1 saturated carbocycles. The number of carbonyl (C=O) groups excluding carboxylic acids is 2. The average molecular weight is 212 g/mol.